The maximum absolute atomic E-state index is 11.6. The van der Waals surface area contributed by atoms with Crippen LogP contribution in [-0.4, -0.2) is 72.4 Å². The molecule has 3 atom stereocenters. The number of β-amino-alcohol motifs (C(OH)–C–C–N with tert-alkyl or cyclic N) is 1. The summed E-state index contributed by atoms with van der Waals surface area (Å²) in [5.74, 6) is 0.612. The highest BCUT2D eigenvalue weighted by molar-refractivity contribution is 14.1. The second kappa shape index (κ2) is 14.9. The van der Waals surface area contributed by atoms with Gasteiger partial charge in [-0.1, -0.05) is 41.4 Å². The predicted octanol–water partition coefficient (Wildman–Crippen LogP) is 5.95. The lowest BCUT2D eigenvalue weighted by Gasteiger charge is -2.44. The van der Waals surface area contributed by atoms with Crippen LogP contribution in [0.1, 0.15) is 42.3 Å². The Kier molecular flexibility index (Phi) is 11.2. The van der Waals surface area contributed by atoms with Crippen LogP contribution < -0.4 is 9.64 Å². The summed E-state index contributed by atoms with van der Waals surface area (Å²) in [6, 6.07) is 19.1. The van der Waals surface area contributed by atoms with Gasteiger partial charge in [0.2, 0.25) is 0 Å². The molecule has 5 rings (SSSR count). The highest BCUT2D eigenvalue weighted by atomic mass is 127. The third-order valence-electron chi connectivity index (χ3n) is 7.50. The minimum atomic E-state index is -1.20. The van der Waals surface area contributed by atoms with Crippen molar-refractivity contribution in [2.45, 2.75) is 41.8 Å². The standard InChI is InChI=1S/C31H36Cl2IN3O5/c32-23-9-7-22(8-10-23)28-19-36(13-14-37(28)27-12-11-25(18-26(27)33)40-17-15-38)21-31(34,39)29-5-3-4-24(35-29)20-42-30-6-1-2-16-41-30/h3-5,7-12,18,28,30,38-39H,1-2,6,13-17,19-21H2/t28-,30?,31+/m0/s1. The third kappa shape index (κ3) is 8.26. The van der Waals surface area contributed by atoms with E-state index in [0.29, 0.717) is 47.7 Å². The van der Waals surface area contributed by atoms with Gasteiger partial charge in [0.15, 0.2) is 9.90 Å². The molecule has 2 N–H and O–H groups in total. The summed E-state index contributed by atoms with van der Waals surface area (Å²) in [6.45, 7) is 3.69. The quantitative estimate of drug-likeness (QED) is 0.185. The first kappa shape index (κ1) is 31.7. The Hall–Kier alpha value is -1.70. The van der Waals surface area contributed by atoms with E-state index >= 15 is 0 Å². The zero-order chi connectivity index (χ0) is 29.5. The van der Waals surface area contributed by atoms with Crippen molar-refractivity contribution >= 4 is 51.5 Å². The summed E-state index contributed by atoms with van der Waals surface area (Å²) in [6.07, 6.45) is 2.87. The zero-order valence-corrected chi connectivity index (χ0v) is 27.0. The smallest absolute Gasteiger partial charge is 0.170 e. The number of pyridine rings is 1. The van der Waals surface area contributed by atoms with Crippen LogP contribution in [-0.2, 0) is 19.7 Å². The van der Waals surface area contributed by atoms with Crippen LogP contribution in [0, 0.1) is 0 Å². The van der Waals surface area contributed by atoms with E-state index in [1.54, 1.807) is 6.07 Å². The Labute approximate surface area is 270 Å². The van der Waals surface area contributed by atoms with Crippen molar-refractivity contribution in [3.63, 3.8) is 0 Å². The molecule has 0 aliphatic carbocycles. The Morgan fingerprint density at radius 2 is 1.90 bits per heavy atom. The molecule has 11 heteroatoms. The average Bonchev–Trinajstić information content (AvgIpc) is 3.00. The van der Waals surface area contributed by atoms with Crippen molar-refractivity contribution in [1.82, 2.24) is 9.88 Å². The summed E-state index contributed by atoms with van der Waals surface area (Å²) < 4.78 is 15.9. The second-order valence-corrected chi connectivity index (χ2v) is 13.2. The number of anilines is 1. The van der Waals surface area contributed by atoms with Crippen molar-refractivity contribution in [3.8, 4) is 5.75 Å². The number of halogens is 3. The lowest BCUT2D eigenvalue weighted by atomic mass is 10.0. The van der Waals surface area contributed by atoms with E-state index in [9.17, 15) is 5.11 Å². The SMILES string of the molecule is OCCOc1ccc(N2CCN(C[C@](O)(I)c3cccc(COC4CCCCO4)n3)C[C@H]2c2ccc(Cl)cc2)c(Cl)c1. The van der Waals surface area contributed by atoms with Gasteiger partial charge in [-0.25, -0.2) is 0 Å². The number of nitrogens with zero attached hydrogens (tertiary/aromatic N) is 3. The number of hydrogen-bond acceptors (Lipinski definition) is 8. The molecule has 2 aliphatic rings. The highest BCUT2D eigenvalue weighted by Crippen LogP contribution is 2.39. The monoisotopic (exact) mass is 727 g/mol. The fourth-order valence-electron chi connectivity index (χ4n) is 5.39. The maximum atomic E-state index is 11.6. The average molecular weight is 728 g/mol. The summed E-state index contributed by atoms with van der Waals surface area (Å²) in [7, 11) is 0. The van der Waals surface area contributed by atoms with Gasteiger partial charge in [0.1, 0.15) is 12.4 Å². The van der Waals surface area contributed by atoms with Crippen LogP contribution in [0.4, 0.5) is 5.69 Å². The number of ether oxygens (including phenoxy) is 3. The van der Waals surface area contributed by atoms with Crippen LogP contribution in [0.2, 0.25) is 10.0 Å². The molecule has 2 aromatic carbocycles. The van der Waals surface area contributed by atoms with Gasteiger partial charge < -0.3 is 29.3 Å². The molecule has 1 aromatic heterocycles. The van der Waals surface area contributed by atoms with E-state index in [1.165, 1.54) is 0 Å². The first-order chi connectivity index (χ1) is 20.3. The molecular formula is C31H36Cl2IN3O5. The largest absolute Gasteiger partial charge is 0.491 e. The first-order valence-electron chi connectivity index (χ1n) is 14.2. The van der Waals surface area contributed by atoms with Gasteiger partial charge in [0.05, 0.1) is 41.4 Å². The van der Waals surface area contributed by atoms with Gasteiger partial charge >= 0.3 is 0 Å². The molecular weight excluding hydrogens is 692 g/mol. The van der Waals surface area contributed by atoms with Gasteiger partial charge in [-0.15, -0.1) is 0 Å². The normalized spacial score (nSPS) is 21.2. The summed E-state index contributed by atoms with van der Waals surface area (Å²) in [4.78, 5) is 9.29. The molecule has 3 heterocycles. The summed E-state index contributed by atoms with van der Waals surface area (Å²) in [5, 5.41) is 22.0. The maximum Gasteiger partial charge on any atom is 0.170 e. The van der Waals surface area contributed by atoms with Gasteiger partial charge in [-0.2, -0.15) is 0 Å². The predicted molar refractivity (Wildman–Crippen MR) is 173 cm³/mol. The minimum Gasteiger partial charge on any atom is -0.491 e. The molecule has 0 amide bonds. The van der Waals surface area contributed by atoms with E-state index in [4.69, 9.17) is 47.5 Å². The molecule has 2 saturated heterocycles. The number of piperazine rings is 1. The number of benzene rings is 2. The minimum absolute atomic E-state index is 0.0342. The summed E-state index contributed by atoms with van der Waals surface area (Å²) >= 11 is 15.1. The molecule has 0 spiro atoms. The van der Waals surface area contributed by atoms with Gasteiger partial charge in [0, 0.05) is 43.9 Å². The third-order valence-corrected chi connectivity index (χ3v) is 8.94. The number of aliphatic hydroxyl groups excluding tert-OH is 1. The van der Waals surface area contributed by atoms with E-state index in [2.05, 4.69) is 32.4 Å². The van der Waals surface area contributed by atoms with Gasteiger partial charge in [0.25, 0.3) is 0 Å². The van der Waals surface area contributed by atoms with Crippen LogP contribution in [0.25, 0.3) is 0 Å². The number of aliphatic hydroxyl groups is 2. The number of rotatable bonds is 11. The van der Waals surface area contributed by atoms with E-state index in [-0.39, 0.29) is 25.5 Å². The highest BCUT2D eigenvalue weighted by Gasteiger charge is 2.36. The molecule has 42 heavy (non-hydrogen) atoms. The first-order valence-corrected chi connectivity index (χ1v) is 16.0. The van der Waals surface area contributed by atoms with Crippen LogP contribution in [0.5, 0.6) is 5.75 Å². The molecule has 3 aromatic rings. The molecule has 8 nitrogen and oxygen atoms in total. The fourth-order valence-corrected chi connectivity index (χ4v) is 6.57. The Balaban J connectivity index is 1.31. The number of aromatic nitrogens is 1. The molecule has 2 fully saturated rings. The lowest BCUT2D eigenvalue weighted by molar-refractivity contribution is -0.169. The molecule has 0 bridgehead atoms. The van der Waals surface area contributed by atoms with Gasteiger partial charge in [-0.3, -0.25) is 9.88 Å². The molecule has 0 saturated carbocycles. The number of alkyl halides is 1. The van der Waals surface area contributed by atoms with E-state index in [0.717, 1.165) is 49.4 Å². The Bertz CT molecular complexity index is 1310. The van der Waals surface area contributed by atoms with Gasteiger partial charge in [-0.05, 0) is 83.8 Å². The fraction of sp³-hybridized carbons (Fsp3) is 0.452. The Morgan fingerprint density at radius 1 is 1.07 bits per heavy atom. The van der Waals surface area contributed by atoms with E-state index < -0.39 is 3.61 Å². The number of hydrogen-bond donors (Lipinski definition) is 2. The van der Waals surface area contributed by atoms with Crippen molar-refractivity contribution in [2.75, 3.05) is 50.9 Å². The molecule has 2 aliphatic heterocycles. The lowest BCUT2D eigenvalue weighted by Crippen LogP contribution is -2.51. The van der Waals surface area contributed by atoms with Crippen LogP contribution in [0.15, 0.2) is 60.7 Å². The summed E-state index contributed by atoms with van der Waals surface area (Å²) in [5.41, 5.74) is 3.36. The Morgan fingerprint density at radius 3 is 2.64 bits per heavy atom. The van der Waals surface area contributed by atoms with E-state index in [1.807, 2.05) is 54.6 Å². The van der Waals surface area contributed by atoms with Crippen LogP contribution >= 0.6 is 45.8 Å². The van der Waals surface area contributed by atoms with Crippen molar-refractivity contribution in [3.05, 3.63) is 87.7 Å². The van der Waals surface area contributed by atoms with Crippen molar-refractivity contribution in [2.24, 2.45) is 0 Å². The topological polar surface area (TPSA) is 87.5 Å². The molecule has 1 unspecified atom stereocenters. The molecule has 0 radical (unpaired) electrons. The second-order valence-electron chi connectivity index (χ2n) is 10.6. The van der Waals surface area contributed by atoms with Crippen LogP contribution in [0.3, 0.4) is 0 Å². The van der Waals surface area contributed by atoms with Crippen molar-refractivity contribution in [1.29, 1.82) is 0 Å². The van der Waals surface area contributed by atoms with Crippen molar-refractivity contribution < 1.29 is 24.4 Å². The molecule has 226 valence electrons. The zero-order valence-electron chi connectivity index (χ0n) is 23.3.